The van der Waals surface area contributed by atoms with Gasteiger partial charge in [0.05, 0.1) is 11.3 Å². The molecule has 2 heterocycles. The van der Waals surface area contributed by atoms with Gasteiger partial charge in [-0.15, -0.1) is 0 Å². The van der Waals surface area contributed by atoms with Crippen LogP contribution in [0.3, 0.4) is 0 Å². The maximum absolute atomic E-state index is 14.9. The van der Waals surface area contributed by atoms with E-state index < -0.39 is 29.3 Å². The largest absolute Gasteiger partial charge is 0.479 e. The second-order valence-electron chi connectivity index (χ2n) is 10.2. The third-order valence-corrected chi connectivity index (χ3v) is 5.92. The van der Waals surface area contributed by atoms with Crippen molar-refractivity contribution < 1.29 is 23.4 Å². The molecule has 1 fully saturated rings. The van der Waals surface area contributed by atoms with E-state index in [0.717, 1.165) is 18.9 Å². The van der Waals surface area contributed by atoms with E-state index in [0.29, 0.717) is 35.6 Å². The highest BCUT2D eigenvalue weighted by atomic mass is 19.2. The van der Waals surface area contributed by atoms with Crippen LogP contribution < -0.4 is 4.90 Å². The Bertz CT molecular complexity index is 1000. The lowest BCUT2D eigenvalue weighted by Gasteiger charge is -2.41. The monoisotopic (exact) mass is 446 g/mol. The molecule has 2 aromatic rings. The predicted octanol–water partition coefficient (Wildman–Crippen LogP) is 5.90. The molecular formula is C25H32F2N2O3. The zero-order valence-corrected chi connectivity index (χ0v) is 19.6. The van der Waals surface area contributed by atoms with Crippen LogP contribution in [0.15, 0.2) is 24.4 Å². The Hall–Kier alpha value is -2.54. The summed E-state index contributed by atoms with van der Waals surface area (Å²) in [4.78, 5) is 18.8. The van der Waals surface area contributed by atoms with Gasteiger partial charge in [0.1, 0.15) is 0 Å². The normalized spacial score (nSPS) is 17.3. The second kappa shape index (κ2) is 8.77. The molecule has 1 N–H and O–H groups in total. The van der Waals surface area contributed by atoms with Crippen molar-refractivity contribution in [3.63, 3.8) is 0 Å². The number of aryl methyl sites for hydroxylation is 1. The summed E-state index contributed by atoms with van der Waals surface area (Å²) < 4.78 is 34.9. The van der Waals surface area contributed by atoms with Gasteiger partial charge < -0.3 is 14.7 Å². The maximum Gasteiger partial charge on any atom is 0.337 e. The molecule has 1 aromatic heterocycles. The van der Waals surface area contributed by atoms with Crippen LogP contribution in [0.2, 0.25) is 0 Å². The van der Waals surface area contributed by atoms with Crippen LogP contribution in [-0.4, -0.2) is 34.8 Å². The molecule has 1 aromatic carbocycles. The summed E-state index contributed by atoms with van der Waals surface area (Å²) >= 11 is 0. The number of benzene rings is 1. The Balaban J connectivity index is 2.28. The lowest BCUT2D eigenvalue weighted by atomic mass is 9.82. The molecule has 5 nitrogen and oxygen atoms in total. The van der Waals surface area contributed by atoms with Crippen molar-refractivity contribution in [1.82, 2.24) is 4.98 Å². The minimum atomic E-state index is -1.30. The van der Waals surface area contributed by atoms with E-state index in [9.17, 15) is 18.7 Å². The molecule has 1 atom stereocenters. The summed E-state index contributed by atoms with van der Waals surface area (Å²) in [6.45, 7) is 12.8. The zero-order chi connectivity index (χ0) is 23.8. The first-order valence-electron chi connectivity index (χ1n) is 10.9. The third-order valence-electron chi connectivity index (χ3n) is 5.92. The number of hydrogen-bond acceptors (Lipinski definition) is 4. The molecule has 1 aliphatic rings. The zero-order valence-electron chi connectivity index (χ0n) is 19.6. The van der Waals surface area contributed by atoms with Gasteiger partial charge in [-0.25, -0.2) is 13.6 Å². The fourth-order valence-corrected chi connectivity index (χ4v) is 4.09. The number of carboxylic acid groups (broad SMARTS) is 1. The SMILES string of the molecule is Cc1ncc(-c2cccc(F)c2F)c(N2CCC(C)(C)CC2)c1[C@H](OC(C)(C)C)C(=O)O. The van der Waals surface area contributed by atoms with Crippen LogP contribution >= 0.6 is 0 Å². The summed E-state index contributed by atoms with van der Waals surface area (Å²) in [5.74, 6) is -3.09. The maximum atomic E-state index is 14.9. The number of rotatable bonds is 5. The van der Waals surface area contributed by atoms with Crippen LogP contribution in [0.1, 0.15) is 64.8 Å². The van der Waals surface area contributed by atoms with Crippen molar-refractivity contribution in [1.29, 1.82) is 0 Å². The number of carbonyl (C=O) groups is 1. The predicted molar refractivity (Wildman–Crippen MR) is 121 cm³/mol. The van der Waals surface area contributed by atoms with Crippen molar-refractivity contribution in [2.45, 2.75) is 66.1 Å². The summed E-state index contributed by atoms with van der Waals surface area (Å²) in [5.41, 5.74) is 1.25. The molecule has 7 heteroatoms. The van der Waals surface area contributed by atoms with E-state index in [-0.39, 0.29) is 11.0 Å². The highest BCUT2D eigenvalue weighted by molar-refractivity contribution is 5.86. The number of halogens is 2. The molecule has 174 valence electrons. The standard InChI is InChI=1S/C25H32F2N2O3/c1-15-19(22(23(30)31)32-24(2,3)4)21(29-12-10-25(5,6)11-13-29)17(14-28-15)16-8-7-9-18(26)20(16)27/h7-9,14,22H,10-13H2,1-6H3,(H,30,31)/t22-/m0/s1. The number of carboxylic acids is 1. The van der Waals surface area contributed by atoms with Gasteiger partial charge in [0.15, 0.2) is 17.7 Å². The number of ether oxygens (including phenoxy) is 1. The minimum absolute atomic E-state index is 0.0541. The number of hydrogen-bond donors (Lipinski definition) is 1. The van der Waals surface area contributed by atoms with Gasteiger partial charge in [0, 0.05) is 41.7 Å². The Morgan fingerprint density at radius 3 is 2.38 bits per heavy atom. The first-order chi connectivity index (χ1) is 14.8. The number of piperidine rings is 1. The average Bonchev–Trinajstić information content (AvgIpc) is 2.68. The van der Waals surface area contributed by atoms with E-state index in [4.69, 9.17) is 4.74 Å². The Kier molecular flexibility index (Phi) is 6.61. The van der Waals surface area contributed by atoms with E-state index in [2.05, 4.69) is 23.7 Å². The molecule has 32 heavy (non-hydrogen) atoms. The average molecular weight is 447 g/mol. The smallest absolute Gasteiger partial charge is 0.337 e. The molecule has 1 aliphatic heterocycles. The molecule has 1 saturated heterocycles. The molecule has 0 spiro atoms. The number of anilines is 1. The van der Waals surface area contributed by atoms with Crippen molar-refractivity contribution in [2.75, 3.05) is 18.0 Å². The fourth-order valence-electron chi connectivity index (χ4n) is 4.09. The minimum Gasteiger partial charge on any atom is -0.479 e. The van der Waals surface area contributed by atoms with Gasteiger partial charge in [0.25, 0.3) is 0 Å². The lowest BCUT2D eigenvalue weighted by molar-refractivity contribution is -0.160. The molecule has 0 saturated carbocycles. The van der Waals surface area contributed by atoms with Crippen LogP contribution in [0, 0.1) is 24.0 Å². The van der Waals surface area contributed by atoms with E-state index in [1.165, 1.54) is 18.3 Å². The van der Waals surface area contributed by atoms with Crippen LogP contribution in [0.25, 0.3) is 11.1 Å². The van der Waals surface area contributed by atoms with Gasteiger partial charge in [-0.3, -0.25) is 4.98 Å². The first-order valence-corrected chi connectivity index (χ1v) is 10.9. The Morgan fingerprint density at radius 2 is 1.81 bits per heavy atom. The fraction of sp³-hybridized carbons (Fsp3) is 0.520. The topological polar surface area (TPSA) is 62.7 Å². The van der Waals surface area contributed by atoms with Crippen molar-refractivity contribution >= 4 is 11.7 Å². The summed E-state index contributed by atoms with van der Waals surface area (Å²) in [6, 6.07) is 4.00. The van der Waals surface area contributed by atoms with Crippen molar-refractivity contribution in [3.8, 4) is 11.1 Å². The van der Waals surface area contributed by atoms with Gasteiger partial charge in [-0.1, -0.05) is 26.0 Å². The summed E-state index contributed by atoms with van der Waals surface area (Å²) in [5, 5.41) is 10.1. The number of aromatic nitrogens is 1. The molecule has 0 radical (unpaired) electrons. The molecule has 0 aliphatic carbocycles. The second-order valence-corrected chi connectivity index (χ2v) is 10.2. The molecule has 0 amide bonds. The van der Waals surface area contributed by atoms with Gasteiger partial charge in [-0.2, -0.15) is 0 Å². The quantitative estimate of drug-likeness (QED) is 0.619. The van der Waals surface area contributed by atoms with Crippen LogP contribution in [0.5, 0.6) is 0 Å². The molecular weight excluding hydrogens is 414 g/mol. The first kappa shape index (κ1) is 24.1. The van der Waals surface area contributed by atoms with Crippen molar-refractivity contribution in [2.24, 2.45) is 5.41 Å². The highest BCUT2D eigenvalue weighted by Gasteiger charge is 2.36. The molecule has 0 bridgehead atoms. The van der Waals surface area contributed by atoms with Gasteiger partial charge in [0.2, 0.25) is 0 Å². The lowest BCUT2D eigenvalue weighted by Crippen LogP contribution is -2.39. The number of nitrogens with zero attached hydrogens (tertiary/aromatic N) is 2. The van der Waals surface area contributed by atoms with Gasteiger partial charge >= 0.3 is 5.97 Å². The van der Waals surface area contributed by atoms with E-state index in [1.807, 2.05) is 0 Å². The van der Waals surface area contributed by atoms with E-state index >= 15 is 0 Å². The Morgan fingerprint density at radius 1 is 1.19 bits per heavy atom. The summed E-state index contributed by atoms with van der Waals surface area (Å²) in [7, 11) is 0. The number of pyridine rings is 1. The molecule has 3 rings (SSSR count). The highest BCUT2D eigenvalue weighted by Crippen LogP contribution is 2.44. The van der Waals surface area contributed by atoms with E-state index in [1.54, 1.807) is 27.7 Å². The van der Waals surface area contributed by atoms with Crippen LogP contribution in [-0.2, 0) is 9.53 Å². The third kappa shape index (κ3) is 5.09. The van der Waals surface area contributed by atoms with Crippen molar-refractivity contribution in [3.05, 3.63) is 47.3 Å². The summed E-state index contributed by atoms with van der Waals surface area (Å²) in [6.07, 6.45) is 1.97. The number of aliphatic carboxylic acids is 1. The van der Waals surface area contributed by atoms with Gasteiger partial charge in [-0.05, 0) is 52.0 Å². The Labute approximate surface area is 188 Å². The van der Waals surface area contributed by atoms with Crippen LogP contribution in [0.4, 0.5) is 14.5 Å². The molecule has 0 unspecified atom stereocenters.